The van der Waals surface area contributed by atoms with Gasteiger partial charge in [-0.25, -0.2) is 0 Å². The van der Waals surface area contributed by atoms with E-state index in [1.807, 2.05) is 66.0 Å². The molecule has 148 valence electrons. The first-order valence-corrected chi connectivity index (χ1v) is 9.73. The van der Waals surface area contributed by atoms with Gasteiger partial charge in [0.25, 0.3) is 11.8 Å². The molecule has 0 saturated heterocycles. The second-order valence-corrected chi connectivity index (χ2v) is 6.90. The van der Waals surface area contributed by atoms with Crippen molar-refractivity contribution in [1.82, 2.24) is 5.32 Å². The summed E-state index contributed by atoms with van der Waals surface area (Å²) >= 11 is 0. The van der Waals surface area contributed by atoms with Gasteiger partial charge in [-0.1, -0.05) is 72.8 Å². The molecule has 3 aromatic carbocycles. The maximum absolute atomic E-state index is 12.6. The second-order valence-electron chi connectivity index (χ2n) is 6.90. The van der Waals surface area contributed by atoms with Gasteiger partial charge in [0.15, 0.2) is 6.54 Å². The molecule has 0 unspecified atom stereocenters. The number of anilines is 1. The highest BCUT2D eigenvalue weighted by molar-refractivity contribution is 6.03. The number of carbonyl (C=O) groups excluding carboxylic acids is 2. The van der Waals surface area contributed by atoms with Crippen LogP contribution < -0.4 is 16.0 Å². The number of para-hydroxylation sites is 1. The van der Waals surface area contributed by atoms with Crippen LogP contribution >= 0.6 is 0 Å². The maximum Gasteiger partial charge on any atom is 0.279 e. The van der Waals surface area contributed by atoms with Gasteiger partial charge in [-0.15, -0.1) is 0 Å². The highest BCUT2D eigenvalue weighted by atomic mass is 16.2. The number of hydrogen-bond acceptors (Lipinski definition) is 2. The first-order valence-electron chi connectivity index (χ1n) is 9.73. The molecule has 0 fully saturated rings. The number of amides is 2. The zero-order valence-corrected chi connectivity index (χ0v) is 16.5. The summed E-state index contributed by atoms with van der Waals surface area (Å²) in [7, 11) is 0. The first-order chi connectivity index (χ1) is 14.1. The molecule has 0 heterocycles. The van der Waals surface area contributed by atoms with Crippen LogP contribution in [0, 0.1) is 0 Å². The lowest BCUT2D eigenvalue weighted by Crippen LogP contribution is -2.86. The van der Waals surface area contributed by atoms with Gasteiger partial charge in [-0.05, 0) is 24.6 Å². The van der Waals surface area contributed by atoms with E-state index in [4.69, 9.17) is 0 Å². The van der Waals surface area contributed by atoms with Crippen molar-refractivity contribution in [3.8, 4) is 0 Å². The number of nitrogens with one attached hydrogen (secondary N) is 2. The average molecular weight is 388 g/mol. The lowest BCUT2D eigenvalue weighted by Gasteiger charge is -2.13. The summed E-state index contributed by atoms with van der Waals surface area (Å²) < 4.78 is 0. The van der Waals surface area contributed by atoms with Crippen LogP contribution in [0.2, 0.25) is 0 Å². The van der Waals surface area contributed by atoms with Crippen LogP contribution in [0.5, 0.6) is 0 Å². The Balaban J connectivity index is 1.56. The SMILES string of the molecule is C[C@@H]([NH2+]CC(=O)Nc1ccccc1C(=O)NCc1ccccc1)c1ccccc1. The molecule has 5 heteroatoms. The molecular formula is C24H26N3O2+. The Morgan fingerprint density at radius 2 is 1.48 bits per heavy atom. The maximum atomic E-state index is 12.6. The third-order valence-electron chi connectivity index (χ3n) is 4.72. The fourth-order valence-electron chi connectivity index (χ4n) is 3.04. The Morgan fingerprint density at radius 1 is 0.862 bits per heavy atom. The summed E-state index contributed by atoms with van der Waals surface area (Å²) in [6, 6.07) is 27.0. The van der Waals surface area contributed by atoms with E-state index in [-0.39, 0.29) is 24.4 Å². The Labute approximate surface area is 171 Å². The minimum absolute atomic E-state index is 0.143. The fourth-order valence-corrected chi connectivity index (χ4v) is 3.04. The predicted molar refractivity (Wildman–Crippen MR) is 114 cm³/mol. The molecule has 0 radical (unpaired) electrons. The summed E-state index contributed by atoms with van der Waals surface area (Å²) in [5.74, 6) is -0.359. The monoisotopic (exact) mass is 388 g/mol. The van der Waals surface area contributed by atoms with Crippen LogP contribution in [0.25, 0.3) is 0 Å². The number of rotatable bonds is 8. The third kappa shape index (κ3) is 6.02. The molecule has 0 saturated carbocycles. The Bertz CT molecular complexity index is 943. The summed E-state index contributed by atoms with van der Waals surface area (Å²) in [6.45, 7) is 2.77. The summed E-state index contributed by atoms with van der Waals surface area (Å²) in [4.78, 5) is 25.0. The van der Waals surface area contributed by atoms with Gasteiger partial charge in [0.2, 0.25) is 0 Å². The normalized spacial score (nSPS) is 11.5. The molecule has 0 spiro atoms. The van der Waals surface area contributed by atoms with Crippen molar-refractivity contribution in [2.75, 3.05) is 11.9 Å². The third-order valence-corrected chi connectivity index (χ3v) is 4.72. The van der Waals surface area contributed by atoms with Crippen molar-refractivity contribution in [2.45, 2.75) is 19.5 Å². The van der Waals surface area contributed by atoms with Crippen molar-refractivity contribution >= 4 is 17.5 Å². The van der Waals surface area contributed by atoms with Crippen LogP contribution in [0.4, 0.5) is 5.69 Å². The Kier molecular flexibility index (Phi) is 7.14. The topological polar surface area (TPSA) is 74.8 Å². The molecule has 1 atom stereocenters. The molecule has 0 bridgehead atoms. The van der Waals surface area contributed by atoms with Gasteiger partial charge in [0.05, 0.1) is 11.3 Å². The molecule has 5 nitrogen and oxygen atoms in total. The number of quaternary nitrogens is 1. The van der Waals surface area contributed by atoms with E-state index in [0.717, 1.165) is 5.56 Å². The first kappa shape index (κ1) is 20.3. The number of benzene rings is 3. The second kappa shape index (κ2) is 10.2. The van der Waals surface area contributed by atoms with Gasteiger partial charge in [0, 0.05) is 12.1 Å². The molecule has 0 aliphatic heterocycles. The Morgan fingerprint density at radius 3 is 2.21 bits per heavy atom. The minimum Gasteiger partial charge on any atom is -0.348 e. The van der Waals surface area contributed by atoms with Crippen LogP contribution in [0.1, 0.15) is 34.5 Å². The van der Waals surface area contributed by atoms with E-state index in [1.165, 1.54) is 5.56 Å². The van der Waals surface area contributed by atoms with Gasteiger partial charge in [-0.3, -0.25) is 9.59 Å². The molecule has 2 amide bonds. The summed E-state index contributed by atoms with van der Waals surface area (Å²) in [6.07, 6.45) is 0. The van der Waals surface area contributed by atoms with Gasteiger partial charge in [0.1, 0.15) is 6.04 Å². The summed E-state index contributed by atoms with van der Waals surface area (Å²) in [5.41, 5.74) is 3.16. The number of hydrogen-bond donors (Lipinski definition) is 3. The average Bonchev–Trinajstić information content (AvgIpc) is 2.77. The van der Waals surface area contributed by atoms with Gasteiger partial charge < -0.3 is 16.0 Å². The quantitative estimate of drug-likeness (QED) is 0.555. The predicted octanol–water partition coefficient (Wildman–Crippen LogP) is 2.88. The largest absolute Gasteiger partial charge is 0.348 e. The molecule has 3 rings (SSSR count). The van der Waals surface area contributed by atoms with Gasteiger partial charge >= 0.3 is 0 Å². The van der Waals surface area contributed by atoms with Crippen molar-refractivity contribution < 1.29 is 14.9 Å². The molecule has 0 aromatic heterocycles. The molecule has 0 aliphatic rings. The highest BCUT2D eigenvalue weighted by Crippen LogP contribution is 2.15. The lowest BCUT2D eigenvalue weighted by molar-refractivity contribution is -0.682. The van der Waals surface area contributed by atoms with E-state index in [1.54, 1.807) is 24.3 Å². The lowest BCUT2D eigenvalue weighted by atomic mass is 10.1. The van der Waals surface area contributed by atoms with Crippen molar-refractivity contribution in [1.29, 1.82) is 0 Å². The van der Waals surface area contributed by atoms with E-state index < -0.39 is 0 Å². The highest BCUT2D eigenvalue weighted by Gasteiger charge is 2.15. The van der Waals surface area contributed by atoms with Crippen LogP contribution in [-0.2, 0) is 11.3 Å². The minimum atomic E-state index is -0.216. The standard InChI is InChI=1S/C24H25N3O2/c1-18(20-12-6-3-7-13-20)25-17-23(28)27-22-15-9-8-14-21(22)24(29)26-16-19-10-4-2-5-11-19/h2-15,18,25H,16-17H2,1H3,(H,26,29)(H,27,28)/p+1/t18-/m1/s1. The Hall–Kier alpha value is -3.44. The zero-order chi connectivity index (χ0) is 20.5. The van der Waals surface area contributed by atoms with Crippen molar-refractivity contribution in [3.05, 3.63) is 102 Å². The van der Waals surface area contributed by atoms with E-state index >= 15 is 0 Å². The molecular weight excluding hydrogens is 362 g/mol. The summed E-state index contributed by atoms with van der Waals surface area (Å²) in [5, 5.41) is 7.74. The van der Waals surface area contributed by atoms with E-state index in [2.05, 4.69) is 17.6 Å². The molecule has 0 aliphatic carbocycles. The van der Waals surface area contributed by atoms with Crippen LogP contribution in [0.15, 0.2) is 84.9 Å². The molecule has 4 N–H and O–H groups in total. The number of nitrogens with two attached hydrogens (primary N) is 1. The zero-order valence-electron chi connectivity index (χ0n) is 16.5. The van der Waals surface area contributed by atoms with Crippen LogP contribution in [0.3, 0.4) is 0 Å². The molecule has 29 heavy (non-hydrogen) atoms. The smallest absolute Gasteiger partial charge is 0.279 e. The number of carbonyl (C=O) groups is 2. The van der Waals surface area contributed by atoms with Gasteiger partial charge in [-0.2, -0.15) is 0 Å². The fraction of sp³-hybridized carbons (Fsp3) is 0.167. The van der Waals surface area contributed by atoms with E-state index in [9.17, 15) is 9.59 Å². The molecule has 3 aromatic rings. The van der Waals surface area contributed by atoms with Crippen molar-refractivity contribution in [2.24, 2.45) is 0 Å². The van der Waals surface area contributed by atoms with Crippen LogP contribution in [-0.4, -0.2) is 18.4 Å². The van der Waals surface area contributed by atoms with E-state index in [0.29, 0.717) is 17.8 Å². The van der Waals surface area contributed by atoms with Crippen molar-refractivity contribution in [3.63, 3.8) is 0 Å².